The highest BCUT2D eigenvalue weighted by Gasteiger charge is 2.21. The number of aromatic nitrogens is 1. The van der Waals surface area contributed by atoms with Gasteiger partial charge in [0.1, 0.15) is 0 Å². The van der Waals surface area contributed by atoms with Gasteiger partial charge in [0.2, 0.25) is 0 Å². The highest BCUT2D eigenvalue weighted by molar-refractivity contribution is 7.12. The van der Waals surface area contributed by atoms with E-state index in [9.17, 15) is 0 Å². The summed E-state index contributed by atoms with van der Waals surface area (Å²) in [6, 6.07) is 19.6. The average Bonchev–Trinajstić information content (AvgIpc) is 3.18. The Morgan fingerprint density at radius 3 is 2.50 bits per heavy atom. The zero-order valence-electron chi connectivity index (χ0n) is 16.3. The summed E-state index contributed by atoms with van der Waals surface area (Å²) >= 11 is 1.95. The molecule has 3 aromatic rings. The largest absolute Gasteiger partial charge is 0.369 e. The van der Waals surface area contributed by atoms with Crippen LogP contribution in [0.15, 0.2) is 54.6 Å². The fourth-order valence-corrected chi connectivity index (χ4v) is 5.55. The van der Waals surface area contributed by atoms with E-state index in [1.165, 1.54) is 45.4 Å². The highest BCUT2D eigenvalue weighted by atomic mass is 32.1. The molecule has 3 nitrogen and oxygen atoms in total. The number of para-hydroxylation sites is 1. The molecule has 0 saturated carbocycles. The topological polar surface area (TPSA) is 19.4 Å². The minimum absolute atomic E-state index is 1.11. The van der Waals surface area contributed by atoms with Gasteiger partial charge in [-0.1, -0.05) is 42.5 Å². The molecule has 1 aliphatic carbocycles. The molecular formula is C24H27N3S. The normalized spacial score (nSPS) is 16.6. The summed E-state index contributed by atoms with van der Waals surface area (Å²) in [5, 5.41) is 1.32. The predicted molar refractivity (Wildman–Crippen MR) is 118 cm³/mol. The van der Waals surface area contributed by atoms with Gasteiger partial charge in [-0.05, 0) is 43.5 Å². The molecule has 0 radical (unpaired) electrons. The summed E-state index contributed by atoms with van der Waals surface area (Å²) in [4.78, 5) is 11.6. The van der Waals surface area contributed by atoms with Crippen molar-refractivity contribution >= 4 is 17.0 Å². The van der Waals surface area contributed by atoms with E-state index in [0.717, 1.165) is 45.4 Å². The standard InChI is InChI=1S/C24H27N3S/c1-2-8-20(9-3-1)27-17-15-26(16-18-27)14-6-11-23-25-24-21-10-5-4-7-19(21)12-13-22(24)28-23/h1-5,7-10H,6,11-18H2. The Hall–Kier alpha value is -2.17. The van der Waals surface area contributed by atoms with Gasteiger partial charge in [0.05, 0.1) is 10.7 Å². The highest BCUT2D eigenvalue weighted by Crippen LogP contribution is 2.36. The van der Waals surface area contributed by atoms with Crippen molar-refractivity contribution in [2.24, 2.45) is 0 Å². The van der Waals surface area contributed by atoms with E-state index >= 15 is 0 Å². The van der Waals surface area contributed by atoms with Crippen LogP contribution in [0.4, 0.5) is 5.69 Å². The van der Waals surface area contributed by atoms with Crippen LogP contribution in [0.5, 0.6) is 0 Å². The lowest BCUT2D eigenvalue weighted by Gasteiger charge is -2.36. The van der Waals surface area contributed by atoms with Crippen molar-refractivity contribution in [1.29, 1.82) is 0 Å². The smallest absolute Gasteiger partial charge is 0.0935 e. The lowest BCUT2D eigenvalue weighted by atomic mass is 9.94. The SMILES string of the molecule is c1ccc(N2CCN(CCCc3nc4c(s3)CCc3ccccc3-4)CC2)cc1. The van der Waals surface area contributed by atoms with Crippen molar-refractivity contribution in [3.8, 4) is 11.3 Å². The molecule has 2 aromatic carbocycles. The second kappa shape index (κ2) is 8.06. The van der Waals surface area contributed by atoms with Crippen LogP contribution in [0.1, 0.15) is 21.9 Å². The van der Waals surface area contributed by atoms with Gasteiger partial charge in [0.25, 0.3) is 0 Å². The second-order valence-electron chi connectivity index (χ2n) is 7.80. The van der Waals surface area contributed by atoms with E-state index in [4.69, 9.17) is 4.98 Å². The zero-order valence-corrected chi connectivity index (χ0v) is 17.1. The van der Waals surface area contributed by atoms with Crippen LogP contribution >= 0.6 is 11.3 Å². The molecule has 0 spiro atoms. The average molecular weight is 390 g/mol. The zero-order chi connectivity index (χ0) is 18.8. The minimum Gasteiger partial charge on any atom is -0.369 e. The van der Waals surface area contributed by atoms with Crippen LogP contribution in [0.3, 0.4) is 0 Å². The number of nitrogens with zero attached hydrogens (tertiary/aromatic N) is 3. The molecule has 2 aliphatic rings. The number of thiazole rings is 1. The molecule has 0 bridgehead atoms. The monoisotopic (exact) mass is 389 g/mol. The van der Waals surface area contributed by atoms with Crippen molar-refractivity contribution < 1.29 is 0 Å². The first-order valence-corrected chi connectivity index (χ1v) is 11.3. The van der Waals surface area contributed by atoms with Crippen LogP contribution in [-0.4, -0.2) is 42.6 Å². The number of piperazine rings is 1. The van der Waals surface area contributed by atoms with E-state index in [2.05, 4.69) is 64.4 Å². The number of anilines is 1. The molecule has 1 saturated heterocycles. The number of aryl methyl sites for hydroxylation is 3. The van der Waals surface area contributed by atoms with Gasteiger partial charge in [-0.2, -0.15) is 0 Å². The molecule has 1 fully saturated rings. The summed E-state index contributed by atoms with van der Waals surface area (Å²) in [6.45, 7) is 5.77. The second-order valence-corrected chi connectivity index (χ2v) is 8.97. The fourth-order valence-electron chi connectivity index (χ4n) is 4.43. The molecule has 4 heteroatoms. The van der Waals surface area contributed by atoms with Gasteiger partial charge in [0.15, 0.2) is 0 Å². The Morgan fingerprint density at radius 2 is 1.64 bits per heavy atom. The third kappa shape index (κ3) is 3.71. The number of rotatable bonds is 5. The Bertz CT molecular complexity index is 926. The Labute approximate surface area is 171 Å². The minimum atomic E-state index is 1.11. The van der Waals surface area contributed by atoms with Crippen LogP contribution in [0, 0.1) is 0 Å². The van der Waals surface area contributed by atoms with Gasteiger partial charge in [-0.25, -0.2) is 4.98 Å². The van der Waals surface area contributed by atoms with Crippen molar-refractivity contribution in [3.63, 3.8) is 0 Å². The summed E-state index contributed by atoms with van der Waals surface area (Å²) in [6.07, 6.45) is 4.64. The molecule has 0 atom stereocenters. The first-order valence-electron chi connectivity index (χ1n) is 10.5. The molecule has 5 rings (SSSR count). The Kier molecular flexibility index (Phi) is 5.15. The van der Waals surface area contributed by atoms with Crippen molar-refractivity contribution in [2.75, 3.05) is 37.6 Å². The van der Waals surface area contributed by atoms with Crippen molar-refractivity contribution in [3.05, 3.63) is 70.0 Å². The van der Waals surface area contributed by atoms with E-state index in [0.29, 0.717) is 0 Å². The lowest BCUT2D eigenvalue weighted by Crippen LogP contribution is -2.46. The molecular weight excluding hydrogens is 362 g/mol. The number of hydrogen-bond donors (Lipinski definition) is 0. The van der Waals surface area contributed by atoms with Gasteiger partial charge in [-0.3, -0.25) is 4.90 Å². The molecule has 1 aliphatic heterocycles. The van der Waals surface area contributed by atoms with Gasteiger partial charge in [-0.15, -0.1) is 11.3 Å². The number of fused-ring (bicyclic) bond motifs is 3. The fraction of sp³-hybridized carbons (Fsp3) is 0.375. The maximum Gasteiger partial charge on any atom is 0.0935 e. The quantitative estimate of drug-likeness (QED) is 0.632. The van der Waals surface area contributed by atoms with E-state index < -0.39 is 0 Å². The third-order valence-electron chi connectivity index (χ3n) is 5.99. The lowest BCUT2D eigenvalue weighted by molar-refractivity contribution is 0.255. The summed E-state index contributed by atoms with van der Waals surface area (Å²) in [7, 11) is 0. The Morgan fingerprint density at radius 1 is 0.857 bits per heavy atom. The van der Waals surface area contributed by atoms with Crippen molar-refractivity contribution in [1.82, 2.24) is 9.88 Å². The Balaban J connectivity index is 1.14. The van der Waals surface area contributed by atoms with E-state index in [1.54, 1.807) is 0 Å². The van der Waals surface area contributed by atoms with Gasteiger partial charge in [0, 0.05) is 48.7 Å². The molecule has 0 N–H and O–H groups in total. The van der Waals surface area contributed by atoms with Crippen molar-refractivity contribution in [2.45, 2.75) is 25.7 Å². The first kappa shape index (κ1) is 17.9. The van der Waals surface area contributed by atoms with E-state index in [-0.39, 0.29) is 0 Å². The molecule has 0 unspecified atom stereocenters. The van der Waals surface area contributed by atoms with E-state index in [1.807, 2.05) is 11.3 Å². The number of benzene rings is 2. The first-order chi connectivity index (χ1) is 13.9. The van der Waals surface area contributed by atoms with Crippen LogP contribution in [0.25, 0.3) is 11.3 Å². The summed E-state index contributed by atoms with van der Waals surface area (Å²) in [5.74, 6) is 0. The third-order valence-corrected chi connectivity index (χ3v) is 7.17. The molecule has 0 amide bonds. The predicted octanol–water partition coefficient (Wildman–Crippen LogP) is 4.66. The molecule has 28 heavy (non-hydrogen) atoms. The maximum atomic E-state index is 5.02. The van der Waals surface area contributed by atoms with Crippen LogP contribution in [-0.2, 0) is 19.3 Å². The summed E-state index contributed by atoms with van der Waals surface area (Å²) < 4.78 is 0. The molecule has 2 heterocycles. The van der Waals surface area contributed by atoms with Crippen LogP contribution < -0.4 is 4.90 Å². The molecule has 144 valence electrons. The molecule has 1 aromatic heterocycles. The number of hydrogen-bond acceptors (Lipinski definition) is 4. The maximum absolute atomic E-state index is 5.02. The van der Waals surface area contributed by atoms with Crippen LogP contribution in [0.2, 0.25) is 0 Å². The summed E-state index contributed by atoms with van der Waals surface area (Å²) in [5.41, 5.74) is 5.44. The van der Waals surface area contributed by atoms with Gasteiger partial charge >= 0.3 is 0 Å². The van der Waals surface area contributed by atoms with Gasteiger partial charge < -0.3 is 4.90 Å².